The van der Waals surface area contributed by atoms with Gasteiger partial charge < -0.3 is 4.74 Å². The number of carbonyl (C=O) groups is 1. The number of allylic oxidation sites excluding steroid dienone is 1. The highest BCUT2D eigenvalue weighted by molar-refractivity contribution is 14.1. The van der Waals surface area contributed by atoms with Gasteiger partial charge in [0.25, 0.3) is 0 Å². The standard InChI is InChI=1S/C12H21IO2/c1-15-12(14)10-8-6-4-2-3-5-7-9-11-13/h9,11H,2-8,10H2,1H3/b11-9+. The predicted molar refractivity (Wildman–Crippen MR) is 72.1 cm³/mol. The summed E-state index contributed by atoms with van der Waals surface area (Å²) in [6, 6.07) is 0. The van der Waals surface area contributed by atoms with Gasteiger partial charge in [-0.1, -0.05) is 54.4 Å². The van der Waals surface area contributed by atoms with Gasteiger partial charge in [0.15, 0.2) is 0 Å². The zero-order valence-electron chi connectivity index (χ0n) is 9.51. The van der Waals surface area contributed by atoms with Gasteiger partial charge in [0.2, 0.25) is 0 Å². The molecule has 0 radical (unpaired) electrons. The van der Waals surface area contributed by atoms with E-state index in [0.29, 0.717) is 6.42 Å². The van der Waals surface area contributed by atoms with Crippen molar-refractivity contribution in [1.82, 2.24) is 0 Å². The molecule has 15 heavy (non-hydrogen) atoms. The summed E-state index contributed by atoms with van der Waals surface area (Å²) in [6.07, 6.45) is 11.2. The first kappa shape index (κ1) is 14.9. The van der Waals surface area contributed by atoms with Crippen LogP contribution in [0.3, 0.4) is 0 Å². The van der Waals surface area contributed by atoms with Gasteiger partial charge in [-0.3, -0.25) is 4.79 Å². The van der Waals surface area contributed by atoms with Crippen LogP contribution in [0.1, 0.15) is 51.4 Å². The monoisotopic (exact) mass is 324 g/mol. The molecule has 0 amide bonds. The second-order valence-electron chi connectivity index (χ2n) is 3.60. The Labute approximate surface area is 107 Å². The number of halogens is 1. The third-order valence-corrected chi connectivity index (χ3v) is 2.83. The molecule has 0 fully saturated rings. The Morgan fingerprint density at radius 3 is 2.33 bits per heavy atom. The van der Waals surface area contributed by atoms with E-state index in [2.05, 4.69) is 37.5 Å². The Balaban J connectivity index is 3.02. The topological polar surface area (TPSA) is 26.3 Å². The number of hydrogen-bond acceptors (Lipinski definition) is 2. The molecule has 0 aliphatic heterocycles. The maximum Gasteiger partial charge on any atom is 0.305 e. The molecule has 0 atom stereocenters. The molecule has 0 spiro atoms. The molecule has 2 nitrogen and oxygen atoms in total. The summed E-state index contributed by atoms with van der Waals surface area (Å²) in [5.74, 6) is -0.0813. The third kappa shape index (κ3) is 11.9. The van der Waals surface area contributed by atoms with Crippen molar-refractivity contribution in [3.8, 4) is 0 Å². The lowest BCUT2D eigenvalue weighted by atomic mass is 10.1. The summed E-state index contributed by atoms with van der Waals surface area (Å²) >= 11 is 2.25. The van der Waals surface area contributed by atoms with Crippen molar-refractivity contribution >= 4 is 28.6 Å². The van der Waals surface area contributed by atoms with Gasteiger partial charge in [-0.05, 0) is 23.3 Å². The minimum Gasteiger partial charge on any atom is -0.469 e. The lowest BCUT2D eigenvalue weighted by molar-refractivity contribution is -0.140. The average Bonchev–Trinajstić information content (AvgIpc) is 2.26. The van der Waals surface area contributed by atoms with Gasteiger partial charge in [0.1, 0.15) is 0 Å². The van der Waals surface area contributed by atoms with Crippen LogP contribution in [-0.2, 0) is 9.53 Å². The molecule has 3 heteroatoms. The molecular formula is C12H21IO2. The van der Waals surface area contributed by atoms with Crippen LogP contribution in [0.2, 0.25) is 0 Å². The maximum absolute atomic E-state index is 10.8. The first-order valence-electron chi connectivity index (χ1n) is 5.63. The lowest BCUT2D eigenvalue weighted by Gasteiger charge is -2.00. The second kappa shape index (κ2) is 12.0. The Hall–Kier alpha value is -0.0600. The van der Waals surface area contributed by atoms with Crippen molar-refractivity contribution in [2.45, 2.75) is 51.4 Å². The summed E-state index contributed by atoms with van der Waals surface area (Å²) in [6.45, 7) is 0. The first-order chi connectivity index (χ1) is 7.31. The van der Waals surface area contributed by atoms with E-state index in [0.717, 1.165) is 12.8 Å². The van der Waals surface area contributed by atoms with Crippen molar-refractivity contribution in [2.75, 3.05) is 7.11 Å². The molecule has 0 unspecified atom stereocenters. The van der Waals surface area contributed by atoms with E-state index in [4.69, 9.17) is 0 Å². The second-order valence-corrected chi connectivity index (χ2v) is 4.32. The number of unbranched alkanes of at least 4 members (excludes halogenated alkanes) is 6. The van der Waals surface area contributed by atoms with Crippen molar-refractivity contribution in [3.05, 3.63) is 10.2 Å². The van der Waals surface area contributed by atoms with Crippen LogP contribution in [0.25, 0.3) is 0 Å². The number of hydrogen-bond donors (Lipinski definition) is 0. The van der Waals surface area contributed by atoms with Crippen LogP contribution in [0.5, 0.6) is 0 Å². The SMILES string of the molecule is COC(=O)CCCCCCCC/C=C/I. The molecule has 0 aliphatic carbocycles. The van der Waals surface area contributed by atoms with E-state index < -0.39 is 0 Å². The van der Waals surface area contributed by atoms with Crippen molar-refractivity contribution < 1.29 is 9.53 Å². The highest BCUT2D eigenvalue weighted by atomic mass is 127. The van der Waals surface area contributed by atoms with Crippen LogP contribution < -0.4 is 0 Å². The van der Waals surface area contributed by atoms with Gasteiger partial charge in [-0.25, -0.2) is 0 Å². The van der Waals surface area contributed by atoms with Crippen LogP contribution in [0.15, 0.2) is 10.2 Å². The molecule has 0 heterocycles. The number of esters is 1. The molecule has 0 aliphatic rings. The van der Waals surface area contributed by atoms with E-state index in [9.17, 15) is 4.79 Å². The molecule has 0 saturated carbocycles. The van der Waals surface area contributed by atoms with Crippen LogP contribution in [-0.4, -0.2) is 13.1 Å². The maximum atomic E-state index is 10.8. The summed E-state index contributed by atoms with van der Waals surface area (Å²) < 4.78 is 6.65. The smallest absolute Gasteiger partial charge is 0.305 e. The quantitative estimate of drug-likeness (QED) is 0.360. The van der Waals surface area contributed by atoms with E-state index in [1.165, 1.54) is 39.2 Å². The van der Waals surface area contributed by atoms with Crippen molar-refractivity contribution in [1.29, 1.82) is 0 Å². The van der Waals surface area contributed by atoms with Gasteiger partial charge in [0.05, 0.1) is 7.11 Å². The number of ether oxygens (including phenoxy) is 1. The fourth-order valence-electron chi connectivity index (χ4n) is 1.40. The lowest BCUT2D eigenvalue weighted by Crippen LogP contribution is -1.99. The average molecular weight is 324 g/mol. The van der Waals surface area contributed by atoms with Gasteiger partial charge in [-0.2, -0.15) is 0 Å². The number of carbonyl (C=O) groups excluding carboxylic acids is 1. The summed E-state index contributed by atoms with van der Waals surface area (Å²) in [7, 11) is 1.45. The number of methoxy groups -OCH3 is 1. The molecule has 0 saturated heterocycles. The van der Waals surface area contributed by atoms with Crippen molar-refractivity contribution in [2.24, 2.45) is 0 Å². The fraction of sp³-hybridized carbons (Fsp3) is 0.750. The summed E-state index contributed by atoms with van der Waals surface area (Å²) in [4.78, 5) is 10.8. The highest BCUT2D eigenvalue weighted by Gasteiger charge is 1.98. The van der Waals surface area contributed by atoms with E-state index in [1.54, 1.807) is 0 Å². The van der Waals surface area contributed by atoms with E-state index >= 15 is 0 Å². The zero-order chi connectivity index (χ0) is 11.4. The van der Waals surface area contributed by atoms with Gasteiger partial charge >= 0.3 is 5.97 Å². The molecular weight excluding hydrogens is 303 g/mol. The minimum absolute atomic E-state index is 0.0813. The Bertz CT molecular complexity index is 178. The van der Waals surface area contributed by atoms with Crippen LogP contribution >= 0.6 is 22.6 Å². The fourth-order valence-corrected chi connectivity index (χ4v) is 1.76. The largest absolute Gasteiger partial charge is 0.469 e. The van der Waals surface area contributed by atoms with E-state index in [-0.39, 0.29) is 5.97 Å². The molecule has 0 rings (SSSR count). The highest BCUT2D eigenvalue weighted by Crippen LogP contribution is 2.09. The molecule has 0 aromatic rings. The molecule has 0 N–H and O–H groups in total. The zero-order valence-corrected chi connectivity index (χ0v) is 11.7. The van der Waals surface area contributed by atoms with E-state index in [1.807, 2.05) is 0 Å². The molecule has 0 bridgehead atoms. The van der Waals surface area contributed by atoms with Crippen LogP contribution in [0, 0.1) is 0 Å². The van der Waals surface area contributed by atoms with Gasteiger partial charge in [0, 0.05) is 6.42 Å². The van der Waals surface area contributed by atoms with Crippen LogP contribution in [0.4, 0.5) is 0 Å². The minimum atomic E-state index is -0.0813. The molecule has 0 aromatic heterocycles. The first-order valence-corrected chi connectivity index (χ1v) is 6.88. The predicted octanol–water partition coefficient (Wildman–Crippen LogP) is 4.23. The van der Waals surface area contributed by atoms with Gasteiger partial charge in [-0.15, -0.1) is 0 Å². The third-order valence-electron chi connectivity index (χ3n) is 2.32. The Morgan fingerprint density at radius 1 is 1.13 bits per heavy atom. The number of rotatable bonds is 9. The normalized spacial score (nSPS) is 10.8. The molecule has 88 valence electrons. The van der Waals surface area contributed by atoms with Crippen molar-refractivity contribution in [3.63, 3.8) is 0 Å². The summed E-state index contributed by atoms with van der Waals surface area (Å²) in [5, 5.41) is 0. The summed E-state index contributed by atoms with van der Waals surface area (Å²) in [5.41, 5.74) is 0. The Morgan fingerprint density at radius 2 is 1.73 bits per heavy atom. The Kier molecular flexibility index (Phi) is 12.0. The molecule has 0 aromatic carbocycles.